The van der Waals surface area contributed by atoms with Crippen LogP contribution >= 0.6 is 11.6 Å². The maximum absolute atomic E-state index is 13.9. The zero-order valence-electron chi connectivity index (χ0n) is 19.4. The summed E-state index contributed by atoms with van der Waals surface area (Å²) in [6.07, 6.45) is 0.308. The number of nitrogens with zero attached hydrogens (tertiary/aromatic N) is 1. The third-order valence-electron chi connectivity index (χ3n) is 7.83. The average molecular weight is 512 g/mol. The fraction of sp³-hybridized carbons (Fsp3) is 0.360. The molecule has 2 aromatic carbocycles. The quantitative estimate of drug-likeness (QED) is 0.500. The van der Waals surface area contributed by atoms with Crippen LogP contribution in [0.5, 0.6) is 11.5 Å². The summed E-state index contributed by atoms with van der Waals surface area (Å²) in [5.74, 6) is -2.22. The van der Waals surface area contributed by atoms with Gasteiger partial charge in [0.25, 0.3) is 5.91 Å². The number of hydrogen-bond acceptors (Lipinski definition) is 6. The molecule has 10 nitrogen and oxygen atoms in total. The van der Waals surface area contributed by atoms with Gasteiger partial charge in [-0.25, -0.2) is 0 Å². The Kier molecular flexibility index (Phi) is 5.03. The number of imide groups is 1. The first-order valence-corrected chi connectivity index (χ1v) is 12.1. The maximum Gasteiger partial charge on any atom is 0.291 e. The minimum absolute atomic E-state index is 0.0358. The molecule has 0 saturated carbocycles. The van der Waals surface area contributed by atoms with Crippen LogP contribution in [0.4, 0.5) is 5.69 Å². The fourth-order valence-corrected chi connectivity index (χ4v) is 6.32. The van der Waals surface area contributed by atoms with Gasteiger partial charge in [-0.15, -0.1) is 0 Å². The zero-order chi connectivity index (χ0) is 25.4. The highest BCUT2D eigenvalue weighted by Gasteiger charge is 2.74. The number of carbonyl (C=O) groups is 4. The van der Waals surface area contributed by atoms with Gasteiger partial charge >= 0.3 is 0 Å². The number of amides is 4. The second kappa shape index (κ2) is 7.94. The first-order chi connectivity index (χ1) is 17.2. The number of nitrogens with two attached hydrogens (primary N) is 2. The molecular weight excluding hydrogens is 488 g/mol. The predicted molar refractivity (Wildman–Crippen MR) is 126 cm³/mol. The number of hydrogen-bond donors (Lipinski definition) is 3. The molecule has 2 saturated heterocycles. The van der Waals surface area contributed by atoms with E-state index in [1.165, 1.54) is 4.90 Å². The van der Waals surface area contributed by atoms with Gasteiger partial charge in [0.1, 0.15) is 17.9 Å². The van der Waals surface area contributed by atoms with Crippen LogP contribution < -0.4 is 25.8 Å². The SMILES string of the molecule is Cc1c(Cl)ccc2c1NC(=O)[C@@]21[NH2+][C@@H](CCC(N)=O)[C@H]2C(=O)N(Cc3ccc4c(c3)OCO4)C(=O)[C@H]21. The molecule has 186 valence electrons. The van der Waals surface area contributed by atoms with E-state index in [1.807, 2.05) is 0 Å². The van der Waals surface area contributed by atoms with Crippen LogP contribution in [-0.4, -0.2) is 41.4 Å². The van der Waals surface area contributed by atoms with Crippen molar-refractivity contribution in [1.29, 1.82) is 0 Å². The molecular formula is C25H24ClN4O6+. The Balaban J connectivity index is 1.41. The number of nitrogens with one attached hydrogen (secondary N) is 1. The summed E-state index contributed by atoms with van der Waals surface area (Å²) in [5.41, 5.74) is 6.64. The van der Waals surface area contributed by atoms with Crippen molar-refractivity contribution in [2.75, 3.05) is 12.1 Å². The Labute approximate surface area is 211 Å². The van der Waals surface area contributed by atoms with Gasteiger partial charge in [-0.2, -0.15) is 0 Å². The van der Waals surface area contributed by atoms with Crippen LogP contribution in [0.25, 0.3) is 0 Å². The van der Waals surface area contributed by atoms with E-state index in [2.05, 4.69) is 5.32 Å². The largest absolute Gasteiger partial charge is 0.454 e. The van der Waals surface area contributed by atoms with Crippen LogP contribution in [0, 0.1) is 18.8 Å². The number of rotatable bonds is 5. The molecule has 4 amide bonds. The van der Waals surface area contributed by atoms with Crippen molar-refractivity contribution >= 4 is 40.9 Å². The number of fused-ring (bicyclic) bond motifs is 5. The third-order valence-corrected chi connectivity index (χ3v) is 8.24. The van der Waals surface area contributed by atoms with E-state index >= 15 is 0 Å². The van der Waals surface area contributed by atoms with Gasteiger partial charge in [-0.3, -0.25) is 24.1 Å². The van der Waals surface area contributed by atoms with E-state index in [-0.39, 0.29) is 38.0 Å². The van der Waals surface area contributed by atoms with Crippen molar-refractivity contribution in [3.05, 3.63) is 52.0 Å². The third kappa shape index (κ3) is 3.07. The van der Waals surface area contributed by atoms with Gasteiger partial charge < -0.3 is 25.8 Å². The number of benzene rings is 2. The van der Waals surface area contributed by atoms with Crippen LogP contribution in [0.3, 0.4) is 0 Å². The molecule has 2 fully saturated rings. The van der Waals surface area contributed by atoms with Gasteiger partial charge in [0, 0.05) is 23.4 Å². The number of likely N-dealkylation sites (tertiary alicyclic amines) is 1. The molecule has 0 bridgehead atoms. The van der Waals surface area contributed by atoms with Gasteiger partial charge in [-0.1, -0.05) is 17.7 Å². The lowest BCUT2D eigenvalue weighted by atomic mass is 9.76. The van der Waals surface area contributed by atoms with Crippen molar-refractivity contribution in [2.24, 2.45) is 17.6 Å². The van der Waals surface area contributed by atoms with Crippen LogP contribution in [0.15, 0.2) is 30.3 Å². The van der Waals surface area contributed by atoms with Gasteiger partial charge in [0.2, 0.25) is 30.1 Å². The summed E-state index contributed by atoms with van der Waals surface area (Å²) in [5, 5.41) is 5.18. The Morgan fingerprint density at radius 1 is 1.19 bits per heavy atom. The number of primary amides is 1. The Hall–Kier alpha value is -3.63. The van der Waals surface area contributed by atoms with Crippen molar-refractivity contribution in [1.82, 2.24) is 4.90 Å². The van der Waals surface area contributed by atoms with Crippen LogP contribution in [-0.2, 0) is 31.3 Å². The lowest BCUT2D eigenvalue weighted by Crippen LogP contribution is -2.99. The average Bonchev–Trinajstić information content (AvgIpc) is 3.57. The molecule has 11 heteroatoms. The van der Waals surface area contributed by atoms with Crippen LogP contribution in [0.1, 0.15) is 29.5 Å². The molecule has 0 unspecified atom stereocenters. The lowest BCUT2D eigenvalue weighted by Gasteiger charge is -2.26. The van der Waals surface area contributed by atoms with Crippen molar-refractivity contribution in [3.63, 3.8) is 0 Å². The highest BCUT2D eigenvalue weighted by molar-refractivity contribution is 6.32. The molecule has 0 aliphatic carbocycles. The molecule has 2 aromatic rings. The standard InChI is InChI=1S/C25H23ClN4O6/c1-11-14(26)4-3-13-21(11)28-24(34)25(13)20-19(15(29-25)5-7-18(27)31)22(32)30(23(20)33)9-12-2-6-16-17(8-12)36-10-35-16/h2-4,6,8,15,19-20,29H,5,7,9-10H2,1H3,(H2,27,31)(H,28,34)/p+1/t15-,19+,20-,25+/m0/s1. The van der Waals surface area contributed by atoms with E-state index in [1.54, 1.807) is 42.6 Å². The Morgan fingerprint density at radius 2 is 1.97 bits per heavy atom. The second-order valence-corrected chi connectivity index (χ2v) is 10.1. The number of quaternary nitrogens is 1. The second-order valence-electron chi connectivity index (χ2n) is 9.71. The van der Waals surface area contributed by atoms with Gasteiger partial charge in [-0.05, 0) is 42.3 Å². The molecule has 36 heavy (non-hydrogen) atoms. The van der Waals surface area contributed by atoms with E-state index < -0.39 is 35.2 Å². The topological polar surface area (TPSA) is 145 Å². The Morgan fingerprint density at radius 3 is 2.75 bits per heavy atom. The molecule has 0 aromatic heterocycles. The maximum atomic E-state index is 13.9. The Bertz CT molecular complexity index is 1360. The molecule has 4 aliphatic rings. The minimum atomic E-state index is -1.34. The van der Waals surface area contributed by atoms with E-state index in [0.29, 0.717) is 38.9 Å². The molecule has 6 rings (SSSR count). The summed E-state index contributed by atoms with van der Waals surface area (Å²) >= 11 is 6.30. The molecule has 4 aliphatic heterocycles. The van der Waals surface area contributed by atoms with E-state index in [0.717, 1.165) is 0 Å². The van der Waals surface area contributed by atoms with Crippen molar-refractivity contribution in [3.8, 4) is 11.5 Å². The number of ether oxygens (including phenoxy) is 2. The first-order valence-electron chi connectivity index (χ1n) is 11.7. The summed E-state index contributed by atoms with van der Waals surface area (Å²) in [4.78, 5) is 54.0. The van der Waals surface area contributed by atoms with Gasteiger partial charge in [0.05, 0.1) is 12.2 Å². The fourth-order valence-electron chi connectivity index (χ4n) is 6.16. The monoisotopic (exact) mass is 511 g/mol. The van der Waals surface area contributed by atoms with Crippen molar-refractivity contribution < 1.29 is 34.0 Å². The van der Waals surface area contributed by atoms with E-state index in [4.69, 9.17) is 26.8 Å². The zero-order valence-corrected chi connectivity index (χ0v) is 20.1. The molecule has 5 N–H and O–H groups in total. The lowest BCUT2D eigenvalue weighted by molar-refractivity contribution is -0.734. The highest BCUT2D eigenvalue weighted by atomic mass is 35.5. The summed E-state index contributed by atoms with van der Waals surface area (Å²) in [6.45, 7) is 1.95. The number of anilines is 1. The first kappa shape index (κ1) is 22.8. The summed E-state index contributed by atoms with van der Waals surface area (Å²) in [7, 11) is 0. The van der Waals surface area contributed by atoms with Crippen LogP contribution in [0.2, 0.25) is 5.02 Å². The minimum Gasteiger partial charge on any atom is -0.454 e. The van der Waals surface area contributed by atoms with E-state index in [9.17, 15) is 19.2 Å². The normalized spacial score (nSPS) is 27.6. The highest BCUT2D eigenvalue weighted by Crippen LogP contribution is 2.51. The smallest absolute Gasteiger partial charge is 0.291 e. The molecule has 0 radical (unpaired) electrons. The molecule has 4 atom stereocenters. The van der Waals surface area contributed by atoms with Crippen molar-refractivity contribution in [2.45, 2.75) is 37.9 Å². The molecule has 4 heterocycles. The molecule has 1 spiro atoms. The van der Waals surface area contributed by atoms with Gasteiger partial charge in [0.15, 0.2) is 11.5 Å². The number of halogens is 1. The summed E-state index contributed by atoms with van der Waals surface area (Å²) in [6, 6.07) is 8.22. The summed E-state index contributed by atoms with van der Waals surface area (Å²) < 4.78 is 10.8. The number of carbonyl (C=O) groups excluding carboxylic acids is 4. The predicted octanol–water partition coefficient (Wildman–Crippen LogP) is 0.537.